The van der Waals surface area contributed by atoms with Crippen molar-refractivity contribution < 1.29 is 9.90 Å². The van der Waals surface area contributed by atoms with Gasteiger partial charge >= 0.3 is 0 Å². The Hall–Kier alpha value is -1.00. The van der Waals surface area contributed by atoms with Crippen LogP contribution in [0.1, 0.15) is 37.3 Å². The van der Waals surface area contributed by atoms with Gasteiger partial charge in [-0.3, -0.25) is 4.79 Å². The first kappa shape index (κ1) is 13.1. The van der Waals surface area contributed by atoms with E-state index in [0.29, 0.717) is 10.7 Å². The first-order valence-corrected chi connectivity index (χ1v) is 5.62. The summed E-state index contributed by atoms with van der Waals surface area (Å²) in [4.78, 5) is 11.9. The van der Waals surface area contributed by atoms with Crippen LogP contribution in [0.4, 0.5) is 0 Å². The van der Waals surface area contributed by atoms with Crippen LogP contribution in [0, 0.1) is 0 Å². The second kappa shape index (κ2) is 5.37. The zero-order valence-corrected chi connectivity index (χ0v) is 10.5. The molecule has 2 N–H and O–H groups in total. The van der Waals surface area contributed by atoms with Crippen LogP contribution in [0.2, 0.25) is 5.02 Å². The average molecular weight is 245 g/mol. The number of nitrogens with zero attached hydrogens (tertiary/aromatic N) is 1. The van der Waals surface area contributed by atoms with Gasteiger partial charge in [0, 0.05) is 18.3 Å². The van der Waals surface area contributed by atoms with Crippen LogP contribution < -0.4 is 5.32 Å². The minimum absolute atomic E-state index is 0.0815. The Bertz CT molecular complexity index is 374. The molecule has 4 nitrogen and oxygen atoms in total. The fourth-order valence-electron chi connectivity index (χ4n) is 1.40. The molecular formula is C11H17ClN2O2. The summed E-state index contributed by atoms with van der Waals surface area (Å²) in [6.07, 6.45) is 1.73. The van der Waals surface area contributed by atoms with Crippen molar-refractivity contribution in [2.45, 2.75) is 32.9 Å². The van der Waals surface area contributed by atoms with E-state index in [1.165, 1.54) is 0 Å². The number of aromatic nitrogens is 1. The number of aliphatic hydroxyl groups is 1. The van der Waals surface area contributed by atoms with Gasteiger partial charge in [-0.1, -0.05) is 11.6 Å². The van der Waals surface area contributed by atoms with Gasteiger partial charge < -0.3 is 15.0 Å². The van der Waals surface area contributed by atoms with Crippen molar-refractivity contribution in [3.63, 3.8) is 0 Å². The molecule has 1 amide bonds. The summed E-state index contributed by atoms with van der Waals surface area (Å²) in [6.45, 7) is 5.61. The standard InChI is InChI=1S/C11H17ClN2O2/c1-7(2)14-5-9(12)4-10(14)11(16)13-8(3)6-15/h4-5,7-8,15H,6H2,1-3H3,(H,13,16). The van der Waals surface area contributed by atoms with Crippen LogP contribution in [0.3, 0.4) is 0 Å². The normalized spacial score (nSPS) is 12.9. The van der Waals surface area contributed by atoms with E-state index in [1.54, 1.807) is 19.2 Å². The van der Waals surface area contributed by atoms with E-state index in [4.69, 9.17) is 16.7 Å². The number of rotatable bonds is 4. The lowest BCUT2D eigenvalue weighted by molar-refractivity contribution is 0.0911. The van der Waals surface area contributed by atoms with E-state index < -0.39 is 0 Å². The number of carbonyl (C=O) groups is 1. The molecule has 1 aromatic rings. The number of carbonyl (C=O) groups excluding carboxylic acids is 1. The third kappa shape index (κ3) is 3.00. The molecular weight excluding hydrogens is 228 g/mol. The molecule has 90 valence electrons. The fraction of sp³-hybridized carbons (Fsp3) is 0.545. The number of aliphatic hydroxyl groups excluding tert-OH is 1. The predicted molar refractivity (Wildman–Crippen MR) is 63.8 cm³/mol. The van der Waals surface area contributed by atoms with Crippen molar-refractivity contribution >= 4 is 17.5 Å². The van der Waals surface area contributed by atoms with Gasteiger partial charge in [0.2, 0.25) is 0 Å². The van der Waals surface area contributed by atoms with Crippen LogP contribution in [0.15, 0.2) is 12.3 Å². The molecule has 0 bridgehead atoms. The highest BCUT2D eigenvalue weighted by molar-refractivity contribution is 6.31. The number of hydrogen-bond acceptors (Lipinski definition) is 2. The van der Waals surface area contributed by atoms with E-state index in [2.05, 4.69) is 5.32 Å². The summed E-state index contributed by atoms with van der Waals surface area (Å²) in [6, 6.07) is 1.53. The Balaban J connectivity index is 2.90. The molecule has 0 aliphatic heterocycles. The van der Waals surface area contributed by atoms with E-state index in [-0.39, 0.29) is 24.6 Å². The van der Waals surface area contributed by atoms with Gasteiger partial charge in [0.1, 0.15) is 5.69 Å². The molecule has 0 aliphatic rings. The maximum Gasteiger partial charge on any atom is 0.268 e. The van der Waals surface area contributed by atoms with Gasteiger partial charge in [0.15, 0.2) is 0 Å². The molecule has 16 heavy (non-hydrogen) atoms. The summed E-state index contributed by atoms with van der Waals surface area (Å²) >= 11 is 5.87. The molecule has 1 atom stereocenters. The number of halogens is 1. The summed E-state index contributed by atoms with van der Waals surface area (Å²) in [7, 11) is 0. The van der Waals surface area contributed by atoms with E-state index in [1.807, 2.05) is 18.4 Å². The van der Waals surface area contributed by atoms with Crippen molar-refractivity contribution in [3.05, 3.63) is 23.0 Å². The second-order valence-electron chi connectivity index (χ2n) is 4.10. The third-order valence-corrected chi connectivity index (χ3v) is 2.46. The predicted octanol–water partition coefficient (Wildman–Crippen LogP) is 1.83. The lowest BCUT2D eigenvalue weighted by atomic mass is 10.3. The fourth-order valence-corrected chi connectivity index (χ4v) is 1.61. The Kier molecular flexibility index (Phi) is 4.38. The SMILES string of the molecule is CC(CO)NC(=O)c1cc(Cl)cn1C(C)C. The highest BCUT2D eigenvalue weighted by Gasteiger charge is 2.16. The number of hydrogen-bond donors (Lipinski definition) is 2. The third-order valence-electron chi connectivity index (χ3n) is 2.26. The molecule has 0 saturated carbocycles. The highest BCUT2D eigenvalue weighted by Crippen LogP contribution is 2.18. The lowest BCUT2D eigenvalue weighted by Crippen LogP contribution is -2.36. The zero-order valence-electron chi connectivity index (χ0n) is 9.70. The summed E-state index contributed by atoms with van der Waals surface area (Å²) in [5.74, 6) is -0.220. The molecule has 1 rings (SSSR count). The smallest absolute Gasteiger partial charge is 0.268 e. The van der Waals surface area contributed by atoms with E-state index >= 15 is 0 Å². The highest BCUT2D eigenvalue weighted by atomic mass is 35.5. The summed E-state index contributed by atoms with van der Waals surface area (Å²) in [5.41, 5.74) is 0.514. The first-order chi connectivity index (χ1) is 7.45. The van der Waals surface area contributed by atoms with Gasteiger partial charge in [-0.05, 0) is 26.8 Å². The Labute approximate surface area is 100 Å². The molecule has 0 spiro atoms. The van der Waals surface area contributed by atoms with Crippen molar-refractivity contribution in [2.24, 2.45) is 0 Å². The molecule has 0 aliphatic carbocycles. The topological polar surface area (TPSA) is 54.3 Å². The molecule has 0 fully saturated rings. The van der Waals surface area contributed by atoms with Crippen LogP contribution in [0.25, 0.3) is 0 Å². The van der Waals surface area contributed by atoms with Gasteiger partial charge in [-0.2, -0.15) is 0 Å². The van der Waals surface area contributed by atoms with Crippen LogP contribution in [-0.2, 0) is 0 Å². The lowest BCUT2D eigenvalue weighted by Gasteiger charge is -2.15. The molecule has 0 aromatic carbocycles. The zero-order chi connectivity index (χ0) is 12.3. The van der Waals surface area contributed by atoms with Crippen LogP contribution in [0.5, 0.6) is 0 Å². The molecule has 1 heterocycles. The molecule has 0 saturated heterocycles. The minimum Gasteiger partial charge on any atom is -0.394 e. The average Bonchev–Trinajstić information content (AvgIpc) is 2.60. The molecule has 5 heteroatoms. The molecule has 1 unspecified atom stereocenters. The van der Waals surface area contributed by atoms with Gasteiger partial charge in [-0.25, -0.2) is 0 Å². The van der Waals surface area contributed by atoms with Crippen molar-refractivity contribution in [1.82, 2.24) is 9.88 Å². The van der Waals surface area contributed by atoms with E-state index in [0.717, 1.165) is 0 Å². The van der Waals surface area contributed by atoms with Crippen molar-refractivity contribution in [1.29, 1.82) is 0 Å². The van der Waals surface area contributed by atoms with E-state index in [9.17, 15) is 4.79 Å². The van der Waals surface area contributed by atoms with Crippen LogP contribution >= 0.6 is 11.6 Å². The number of nitrogens with one attached hydrogen (secondary N) is 1. The van der Waals surface area contributed by atoms with Gasteiger partial charge in [0.25, 0.3) is 5.91 Å². The van der Waals surface area contributed by atoms with Crippen LogP contribution in [-0.4, -0.2) is 28.2 Å². The van der Waals surface area contributed by atoms with Gasteiger partial charge in [-0.15, -0.1) is 0 Å². The Morgan fingerprint density at radius 3 is 2.69 bits per heavy atom. The second-order valence-corrected chi connectivity index (χ2v) is 4.54. The maximum absolute atomic E-state index is 11.9. The number of amides is 1. The van der Waals surface area contributed by atoms with Crippen molar-refractivity contribution in [3.8, 4) is 0 Å². The van der Waals surface area contributed by atoms with Gasteiger partial charge in [0.05, 0.1) is 11.6 Å². The quantitative estimate of drug-likeness (QED) is 0.849. The molecule has 1 aromatic heterocycles. The monoisotopic (exact) mass is 244 g/mol. The molecule has 0 radical (unpaired) electrons. The summed E-state index contributed by atoms with van der Waals surface area (Å²) < 4.78 is 1.81. The Morgan fingerprint density at radius 2 is 2.19 bits per heavy atom. The largest absolute Gasteiger partial charge is 0.394 e. The minimum atomic E-state index is -0.262. The van der Waals surface area contributed by atoms with Crippen molar-refractivity contribution in [2.75, 3.05) is 6.61 Å². The summed E-state index contributed by atoms with van der Waals surface area (Å²) in [5, 5.41) is 12.1. The Morgan fingerprint density at radius 1 is 1.56 bits per heavy atom. The first-order valence-electron chi connectivity index (χ1n) is 5.24. The maximum atomic E-state index is 11.9.